The summed E-state index contributed by atoms with van der Waals surface area (Å²) in [5.41, 5.74) is 2.69. The van der Waals surface area contributed by atoms with E-state index >= 15 is 0 Å². The molecular weight excluding hydrogens is 440 g/mol. The van der Waals surface area contributed by atoms with Crippen molar-refractivity contribution in [1.82, 2.24) is 5.43 Å². The molecule has 0 bridgehead atoms. The highest BCUT2D eigenvalue weighted by Gasteiger charge is 2.10. The Balaban J connectivity index is 1.64. The highest BCUT2D eigenvalue weighted by molar-refractivity contribution is 9.10. The van der Waals surface area contributed by atoms with Gasteiger partial charge in [-0.1, -0.05) is 29.4 Å². The first kappa shape index (κ1) is 18.6. The van der Waals surface area contributed by atoms with Crippen LogP contribution in [0.4, 0.5) is 0 Å². The summed E-state index contributed by atoms with van der Waals surface area (Å²) in [5, 5.41) is 14.6. The molecule has 2 N–H and O–H groups in total. The van der Waals surface area contributed by atoms with Gasteiger partial charge >= 0.3 is 0 Å². The van der Waals surface area contributed by atoms with Crippen LogP contribution in [-0.2, 0) is 0 Å². The lowest BCUT2D eigenvalue weighted by atomic mass is 10.2. The topological polar surface area (TPSA) is 74.8 Å². The average Bonchev–Trinajstić information content (AvgIpc) is 2.96. The van der Waals surface area contributed by atoms with Gasteiger partial charge in [0.1, 0.15) is 11.5 Å². The Kier molecular flexibility index (Phi) is 6.03. The molecule has 1 amide bonds. The molecule has 0 radical (unpaired) electrons. The monoisotopic (exact) mass is 450 g/mol. The molecule has 8 heteroatoms. The fraction of sp³-hybridized carbons (Fsp3) is 0. The van der Waals surface area contributed by atoms with E-state index in [1.54, 1.807) is 30.3 Å². The highest BCUT2D eigenvalue weighted by Crippen LogP contribution is 2.35. The number of rotatable bonds is 5. The lowest BCUT2D eigenvalue weighted by Crippen LogP contribution is -2.17. The maximum Gasteiger partial charge on any atom is 0.271 e. The first-order valence-electron chi connectivity index (χ1n) is 7.36. The number of carbonyl (C=O) groups excluding carboxylic acids is 1. The predicted octanol–water partition coefficient (Wildman–Crippen LogP) is 5.32. The van der Waals surface area contributed by atoms with E-state index in [0.717, 1.165) is 9.37 Å². The molecule has 1 aromatic heterocycles. The molecule has 26 heavy (non-hydrogen) atoms. The largest absolute Gasteiger partial charge is 0.508 e. The second-order valence-electron chi connectivity index (χ2n) is 5.09. The van der Waals surface area contributed by atoms with Gasteiger partial charge in [0.05, 0.1) is 10.7 Å². The number of hydrazone groups is 1. The molecule has 0 saturated carbocycles. The number of hydrogen-bond acceptors (Lipinski definition) is 5. The molecule has 0 aliphatic carbocycles. The van der Waals surface area contributed by atoms with Crippen LogP contribution < -0.4 is 5.43 Å². The van der Waals surface area contributed by atoms with Crippen molar-refractivity contribution in [3.63, 3.8) is 0 Å². The fourth-order valence-electron chi connectivity index (χ4n) is 1.98. The van der Waals surface area contributed by atoms with E-state index in [2.05, 4.69) is 26.5 Å². The Labute approximate surface area is 167 Å². The summed E-state index contributed by atoms with van der Waals surface area (Å²) in [6.07, 6.45) is 1.40. The number of phenols is 1. The Morgan fingerprint density at radius 1 is 1.23 bits per heavy atom. The minimum atomic E-state index is -0.432. The van der Waals surface area contributed by atoms with Gasteiger partial charge in [0.25, 0.3) is 5.91 Å². The molecule has 0 unspecified atom stereocenters. The second-order valence-corrected chi connectivity index (χ2v) is 7.43. The molecule has 3 rings (SSSR count). The first-order chi connectivity index (χ1) is 12.5. The van der Waals surface area contributed by atoms with Gasteiger partial charge in [-0.05, 0) is 58.4 Å². The quantitative estimate of drug-likeness (QED) is 0.407. The SMILES string of the molecule is O=C(N/N=C/c1cc(Br)c(Sc2ccc(Cl)cc2)o1)c1cccc(O)c1. The maximum atomic E-state index is 11.9. The third kappa shape index (κ3) is 4.91. The first-order valence-corrected chi connectivity index (χ1v) is 9.35. The van der Waals surface area contributed by atoms with Crippen LogP contribution in [0, 0.1) is 0 Å². The molecule has 0 atom stereocenters. The van der Waals surface area contributed by atoms with E-state index in [1.807, 2.05) is 12.1 Å². The number of nitrogens with one attached hydrogen (secondary N) is 1. The van der Waals surface area contributed by atoms with Crippen molar-refractivity contribution in [3.8, 4) is 5.75 Å². The third-order valence-electron chi connectivity index (χ3n) is 3.16. The Bertz CT molecular complexity index is 957. The molecule has 132 valence electrons. The van der Waals surface area contributed by atoms with E-state index in [9.17, 15) is 9.90 Å². The average molecular weight is 452 g/mol. The van der Waals surface area contributed by atoms with Crippen LogP contribution in [0.5, 0.6) is 5.75 Å². The van der Waals surface area contributed by atoms with Gasteiger partial charge < -0.3 is 9.52 Å². The van der Waals surface area contributed by atoms with Crippen molar-refractivity contribution in [3.05, 3.63) is 75.4 Å². The van der Waals surface area contributed by atoms with Crippen molar-refractivity contribution < 1.29 is 14.3 Å². The van der Waals surface area contributed by atoms with Crippen molar-refractivity contribution in [2.75, 3.05) is 0 Å². The van der Waals surface area contributed by atoms with Crippen LogP contribution in [-0.4, -0.2) is 17.2 Å². The van der Waals surface area contributed by atoms with E-state index in [0.29, 0.717) is 21.4 Å². The van der Waals surface area contributed by atoms with E-state index < -0.39 is 5.91 Å². The highest BCUT2D eigenvalue weighted by atomic mass is 79.9. The summed E-state index contributed by atoms with van der Waals surface area (Å²) in [6.45, 7) is 0. The van der Waals surface area contributed by atoms with Crippen LogP contribution >= 0.6 is 39.3 Å². The van der Waals surface area contributed by atoms with E-state index in [4.69, 9.17) is 16.0 Å². The smallest absolute Gasteiger partial charge is 0.271 e. The van der Waals surface area contributed by atoms with Crippen molar-refractivity contribution in [2.45, 2.75) is 9.99 Å². The van der Waals surface area contributed by atoms with Crippen molar-refractivity contribution in [1.29, 1.82) is 0 Å². The van der Waals surface area contributed by atoms with Gasteiger partial charge in [-0.2, -0.15) is 5.10 Å². The molecule has 1 heterocycles. The predicted molar refractivity (Wildman–Crippen MR) is 105 cm³/mol. The molecule has 0 aliphatic rings. The van der Waals surface area contributed by atoms with Crippen LogP contribution in [0.1, 0.15) is 16.1 Å². The summed E-state index contributed by atoms with van der Waals surface area (Å²) in [4.78, 5) is 12.9. The molecule has 0 spiro atoms. The standard InChI is InChI=1S/C18H12BrClN2O3S/c19-16-9-14(25-18(16)26-15-6-4-12(20)5-7-15)10-21-22-17(24)11-2-1-3-13(23)8-11/h1-10,23H,(H,22,24)/b21-10+. The molecule has 3 aromatic rings. The number of phenolic OH excluding ortho intramolecular Hbond substituents is 1. The molecule has 5 nitrogen and oxygen atoms in total. The fourth-order valence-corrected chi connectivity index (χ4v) is 3.43. The number of amides is 1. The van der Waals surface area contributed by atoms with Gasteiger partial charge in [-0.3, -0.25) is 4.79 Å². The van der Waals surface area contributed by atoms with Gasteiger partial charge in [-0.15, -0.1) is 0 Å². The number of halogens is 2. The molecular formula is C18H12BrClN2O3S. The summed E-state index contributed by atoms with van der Waals surface area (Å²) in [6, 6.07) is 15.2. The van der Waals surface area contributed by atoms with E-state index in [-0.39, 0.29) is 5.75 Å². The summed E-state index contributed by atoms with van der Waals surface area (Å²) >= 11 is 10.7. The van der Waals surface area contributed by atoms with Gasteiger partial charge in [0.2, 0.25) is 0 Å². The van der Waals surface area contributed by atoms with Crippen LogP contribution in [0.25, 0.3) is 0 Å². The minimum Gasteiger partial charge on any atom is -0.508 e. The van der Waals surface area contributed by atoms with Gasteiger partial charge in [0.15, 0.2) is 5.09 Å². The number of benzene rings is 2. The molecule has 2 aromatic carbocycles. The van der Waals surface area contributed by atoms with Crippen molar-refractivity contribution >= 4 is 51.4 Å². The van der Waals surface area contributed by atoms with Crippen LogP contribution in [0.2, 0.25) is 5.02 Å². The van der Waals surface area contributed by atoms with Gasteiger partial charge in [0, 0.05) is 21.5 Å². The third-order valence-corrected chi connectivity index (χ3v) is 5.26. The zero-order valence-electron chi connectivity index (χ0n) is 13.1. The number of carbonyl (C=O) groups is 1. The summed E-state index contributed by atoms with van der Waals surface area (Å²) in [7, 11) is 0. The maximum absolute atomic E-state index is 11.9. The Morgan fingerprint density at radius 3 is 2.73 bits per heavy atom. The number of nitrogens with zero attached hydrogens (tertiary/aromatic N) is 1. The summed E-state index contributed by atoms with van der Waals surface area (Å²) < 4.78 is 6.47. The lowest BCUT2D eigenvalue weighted by Gasteiger charge is -2.00. The number of aromatic hydroxyl groups is 1. The molecule has 0 aliphatic heterocycles. The molecule has 0 fully saturated rings. The van der Waals surface area contributed by atoms with Gasteiger partial charge in [-0.25, -0.2) is 5.43 Å². The number of furan rings is 1. The summed E-state index contributed by atoms with van der Waals surface area (Å²) in [5.74, 6) is 0.0588. The van der Waals surface area contributed by atoms with Crippen LogP contribution in [0.3, 0.4) is 0 Å². The van der Waals surface area contributed by atoms with Crippen molar-refractivity contribution in [2.24, 2.45) is 5.10 Å². The molecule has 0 saturated heterocycles. The zero-order valence-corrected chi connectivity index (χ0v) is 16.3. The number of hydrogen-bond donors (Lipinski definition) is 2. The van der Waals surface area contributed by atoms with E-state index in [1.165, 1.54) is 30.1 Å². The normalized spacial score (nSPS) is 11.0. The Hall–Kier alpha value is -2.22. The Morgan fingerprint density at radius 2 is 2.00 bits per heavy atom. The zero-order chi connectivity index (χ0) is 18.5. The van der Waals surface area contributed by atoms with Crippen LogP contribution in [0.15, 0.2) is 78.6 Å². The minimum absolute atomic E-state index is 0.0143. The second kappa shape index (κ2) is 8.44. The lowest BCUT2D eigenvalue weighted by molar-refractivity contribution is 0.0954.